The lowest BCUT2D eigenvalue weighted by molar-refractivity contribution is 0.270. The van der Waals surface area contributed by atoms with Crippen molar-refractivity contribution in [3.05, 3.63) is 23.8 Å². The lowest BCUT2D eigenvalue weighted by Gasteiger charge is -2.27. The molecule has 0 spiro atoms. The largest absolute Gasteiger partial charge is 0.491 e. The van der Waals surface area contributed by atoms with Crippen molar-refractivity contribution in [2.75, 3.05) is 25.6 Å². The number of hydrogen-bond acceptors (Lipinski definition) is 3. The van der Waals surface area contributed by atoms with E-state index < -0.39 is 0 Å². The van der Waals surface area contributed by atoms with Crippen LogP contribution in [-0.4, -0.2) is 20.7 Å². The van der Waals surface area contributed by atoms with Gasteiger partial charge < -0.3 is 15.4 Å². The Balaban J connectivity index is 2.49. The van der Waals surface area contributed by atoms with Crippen LogP contribution < -0.4 is 15.4 Å². The van der Waals surface area contributed by atoms with Gasteiger partial charge in [0.25, 0.3) is 0 Å². The third kappa shape index (κ3) is 1.44. The van der Waals surface area contributed by atoms with Crippen LogP contribution in [0, 0.1) is 0 Å². The minimum Gasteiger partial charge on any atom is -0.491 e. The second kappa shape index (κ2) is 3.50. The van der Waals surface area contributed by atoms with E-state index in [-0.39, 0.29) is 6.04 Å². The van der Waals surface area contributed by atoms with E-state index in [1.54, 1.807) is 0 Å². The summed E-state index contributed by atoms with van der Waals surface area (Å²) < 4.78 is 5.66. The minimum absolute atomic E-state index is 0.124. The first-order valence-corrected chi connectivity index (χ1v) is 4.89. The lowest BCUT2D eigenvalue weighted by atomic mass is 10.0. The molecule has 0 unspecified atom stereocenters. The molecule has 0 radical (unpaired) electrons. The molecule has 0 saturated carbocycles. The van der Waals surface area contributed by atoms with Crippen molar-refractivity contribution in [2.24, 2.45) is 5.73 Å². The summed E-state index contributed by atoms with van der Waals surface area (Å²) in [7, 11) is 4.03. The zero-order valence-electron chi connectivity index (χ0n) is 8.66. The van der Waals surface area contributed by atoms with Crippen LogP contribution in [0.3, 0.4) is 0 Å². The highest BCUT2D eigenvalue weighted by Crippen LogP contribution is 2.37. The van der Waals surface area contributed by atoms with Gasteiger partial charge in [0.15, 0.2) is 0 Å². The van der Waals surface area contributed by atoms with Gasteiger partial charge in [0.1, 0.15) is 5.75 Å². The number of nitrogens with zero attached hydrogens (tertiary/aromatic N) is 1. The van der Waals surface area contributed by atoms with Gasteiger partial charge in [-0.3, -0.25) is 0 Å². The predicted molar refractivity (Wildman–Crippen MR) is 57.8 cm³/mol. The predicted octanol–water partition coefficient (Wildman–Crippen LogP) is 1.53. The lowest BCUT2D eigenvalue weighted by Crippen LogP contribution is -2.22. The SMILES string of the molecule is CN(C)c1cccc2c1OCC[C@H]2N. The van der Waals surface area contributed by atoms with E-state index in [1.807, 2.05) is 26.2 Å². The molecule has 3 nitrogen and oxygen atoms in total. The minimum atomic E-state index is 0.124. The van der Waals surface area contributed by atoms with Gasteiger partial charge in [-0.1, -0.05) is 12.1 Å². The molecule has 0 bridgehead atoms. The Kier molecular flexibility index (Phi) is 2.33. The van der Waals surface area contributed by atoms with Crippen LogP contribution in [0.4, 0.5) is 5.69 Å². The van der Waals surface area contributed by atoms with Crippen LogP contribution >= 0.6 is 0 Å². The number of rotatable bonds is 1. The third-order valence-electron chi connectivity index (χ3n) is 2.58. The fourth-order valence-electron chi connectivity index (χ4n) is 1.79. The van der Waals surface area contributed by atoms with Gasteiger partial charge in [0, 0.05) is 32.1 Å². The van der Waals surface area contributed by atoms with Gasteiger partial charge in [-0.15, -0.1) is 0 Å². The van der Waals surface area contributed by atoms with Crippen LogP contribution in [-0.2, 0) is 0 Å². The number of para-hydroxylation sites is 1. The molecule has 1 aromatic carbocycles. The molecule has 2 rings (SSSR count). The molecule has 1 aliphatic heterocycles. The van der Waals surface area contributed by atoms with Gasteiger partial charge in [-0.2, -0.15) is 0 Å². The summed E-state index contributed by atoms with van der Waals surface area (Å²) in [5, 5.41) is 0. The van der Waals surface area contributed by atoms with E-state index in [0.29, 0.717) is 0 Å². The molecule has 76 valence electrons. The van der Waals surface area contributed by atoms with Gasteiger partial charge in [0.05, 0.1) is 12.3 Å². The highest BCUT2D eigenvalue weighted by molar-refractivity contribution is 5.62. The number of fused-ring (bicyclic) bond motifs is 1. The topological polar surface area (TPSA) is 38.5 Å². The molecule has 1 heterocycles. The molecule has 0 saturated heterocycles. The zero-order chi connectivity index (χ0) is 10.1. The van der Waals surface area contributed by atoms with Gasteiger partial charge in [-0.05, 0) is 6.07 Å². The Bertz CT molecular complexity index is 322. The second-order valence-corrected chi connectivity index (χ2v) is 3.83. The van der Waals surface area contributed by atoms with Crippen molar-refractivity contribution in [3.63, 3.8) is 0 Å². The zero-order valence-corrected chi connectivity index (χ0v) is 8.66. The van der Waals surface area contributed by atoms with Gasteiger partial charge >= 0.3 is 0 Å². The summed E-state index contributed by atoms with van der Waals surface area (Å²) in [6.07, 6.45) is 0.907. The van der Waals surface area contributed by atoms with Crippen LogP contribution in [0.5, 0.6) is 5.75 Å². The molecule has 0 amide bonds. The second-order valence-electron chi connectivity index (χ2n) is 3.83. The summed E-state index contributed by atoms with van der Waals surface area (Å²) in [6, 6.07) is 6.25. The fourth-order valence-corrected chi connectivity index (χ4v) is 1.79. The van der Waals surface area contributed by atoms with Crippen LogP contribution in [0.15, 0.2) is 18.2 Å². The molecule has 0 aliphatic carbocycles. The molecule has 1 aliphatic rings. The summed E-state index contributed by atoms with van der Waals surface area (Å²) >= 11 is 0. The molecule has 1 atom stereocenters. The monoisotopic (exact) mass is 192 g/mol. The Morgan fingerprint density at radius 3 is 2.93 bits per heavy atom. The van der Waals surface area contributed by atoms with Crippen molar-refractivity contribution in [3.8, 4) is 5.75 Å². The molecular formula is C11H16N2O. The smallest absolute Gasteiger partial charge is 0.147 e. The van der Waals surface area contributed by atoms with Crippen LogP contribution in [0.25, 0.3) is 0 Å². The molecule has 0 aromatic heterocycles. The van der Waals surface area contributed by atoms with E-state index in [2.05, 4.69) is 11.0 Å². The summed E-state index contributed by atoms with van der Waals surface area (Å²) in [6.45, 7) is 0.721. The summed E-state index contributed by atoms with van der Waals surface area (Å²) in [4.78, 5) is 2.05. The highest BCUT2D eigenvalue weighted by Gasteiger charge is 2.20. The first-order valence-electron chi connectivity index (χ1n) is 4.89. The fraction of sp³-hybridized carbons (Fsp3) is 0.455. The average Bonchev–Trinajstić information content (AvgIpc) is 2.17. The number of hydrogen-bond donors (Lipinski definition) is 1. The van der Waals surface area contributed by atoms with Crippen molar-refractivity contribution >= 4 is 5.69 Å². The normalized spacial score (nSPS) is 19.8. The van der Waals surface area contributed by atoms with E-state index in [4.69, 9.17) is 10.5 Å². The third-order valence-corrected chi connectivity index (χ3v) is 2.58. The quantitative estimate of drug-likeness (QED) is 0.733. The number of benzene rings is 1. The summed E-state index contributed by atoms with van der Waals surface area (Å²) in [5.74, 6) is 0.955. The Morgan fingerprint density at radius 2 is 2.21 bits per heavy atom. The maximum Gasteiger partial charge on any atom is 0.147 e. The number of nitrogens with two attached hydrogens (primary N) is 1. The van der Waals surface area contributed by atoms with E-state index in [0.717, 1.165) is 30.0 Å². The van der Waals surface area contributed by atoms with E-state index >= 15 is 0 Å². The maximum atomic E-state index is 6.02. The first-order chi connectivity index (χ1) is 6.70. The molecular weight excluding hydrogens is 176 g/mol. The Hall–Kier alpha value is -1.22. The maximum absolute atomic E-state index is 6.02. The van der Waals surface area contributed by atoms with Crippen LogP contribution in [0.2, 0.25) is 0 Å². The average molecular weight is 192 g/mol. The molecule has 3 heteroatoms. The number of anilines is 1. The van der Waals surface area contributed by atoms with E-state index in [1.165, 1.54) is 0 Å². The standard InChI is InChI=1S/C11H16N2O/c1-13(2)10-5-3-4-8-9(12)6-7-14-11(8)10/h3-5,9H,6-7,12H2,1-2H3/t9-/m1/s1. The molecule has 2 N–H and O–H groups in total. The van der Waals surface area contributed by atoms with Crippen molar-refractivity contribution in [2.45, 2.75) is 12.5 Å². The Labute approximate surface area is 84.5 Å². The van der Waals surface area contributed by atoms with Crippen molar-refractivity contribution in [1.82, 2.24) is 0 Å². The van der Waals surface area contributed by atoms with Gasteiger partial charge in [-0.25, -0.2) is 0 Å². The molecule has 1 aromatic rings. The van der Waals surface area contributed by atoms with Gasteiger partial charge in [0.2, 0.25) is 0 Å². The molecule has 0 fully saturated rings. The van der Waals surface area contributed by atoms with Crippen molar-refractivity contribution in [1.29, 1.82) is 0 Å². The summed E-state index contributed by atoms with van der Waals surface area (Å²) in [5.41, 5.74) is 8.25. The van der Waals surface area contributed by atoms with Crippen LogP contribution in [0.1, 0.15) is 18.0 Å². The first kappa shape index (κ1) is 9.34. The van der Waals surface area contributed by atoms with Crippen molar-refractivity contribution < 1.29 is 4.74 Å². The van der Waals surface area contributed by atoms with E-state index in [9.17, 15) is 0 Å². The molecule has 14 heavy (non-hydrogen) atoms. The Morgan fingerprint density at radius 1 is 1.43 bits per heavy atom. The number of ether oxygens (including phenoxy) is 1. The highest BCUT2D eigenvalue weighted by atomic mass is 16.5.